The number of morpholine rings is 1. The van der Waals surface area contributed by atoms with Crippen LogP contribution in [0, 0.1) is 0 Å². The standard InChI is InChI=1S/C25H27N3O3S/c1-27-14-17(18-6-2-4-8-20(18)27)15-28-11-13-31-21(16-28)23-19-7-3-5-9-22(19)32-24(23)25(30)26-10-12-29/h2-9,14,21,29H,10-13,15-16H2,1H3,(H,26,30)/t21-/m1/s1. The van der Waals surface area contributed by atoms with Crippen molar-refractivity contribution in [1.82, 2.24) is 14.8 Å². The number of nitrogens with one attached hydrogen (secondary N) is 1. The number of rotatable bonds is 6. The van der Waals surface area contributed by atoms with Gasteiger partial charge in [0.25, 0.3) is 5.91 Å². The Morgan fingerprint density at radius 2 is 1.97 bits per heavy atom. The molecule has 5 rings (SSSR count). The molecule has 32 heavy (non-hydrogen) atoms. The Bertz CT molecular complexity index is 1260. The van der Waals surface area contributed by atoms with Gasteiger partial charge in [0.1, 0.15) is 0 Å². The molecule has 2 aromatic heterocycles. The van der Waals surface area contributed by atoms with Gasteiger partial charge in [-0.2, -0.15) is 0 Å². The first-order valence-corrected chi connectivity index (χ1v) is 11.7. The molecule has 1 amide bonds. The van der Waals surface area contributed by atoms with Gasteiger partial charge in [-0.1, -0.05) is 36.4 Å². The zero-order valence-corrected chi connectivity index (χ0v) is 18.9. The number of aryl methyl sites for hydroxylation is 1. The molecule has 2 N–H and O–H groups in total. The van der Waals surface area contributed by atoms with Crippen molar-refractivity contribution in [2.75, 3.05) is 32.8 Å². The molecule has 0 spiro atoms. The molecule has 7 heteroatoms. The second kappa shape index (κ2) is 9.03. The number of benzene rings is 2. The zero-order valence-electron chi connectivity index (χ0n) is 18.1. The fraction of sp³-hybridized carbons (Fsp3) is 0.320. The molecule has 1 saturated heterocycles. The van der Waals surface area contributed by atoms with Crippen LogP contribution in [0.1, 0.15) is 26.9 Å². The highest BCUT2D eigenvalue weighted by molar-refractivity contribution is 7.21. The van der Waals surface area contributed by atoms with Crippen LogP contribution in [0.25, 0.3) is 21.0 Å². The summed E-state index contributed by atoms with van der Waals surface area (Å²) >= 11 is 1.49. The minimum Gasteiger partial charge on any atom is -0.395 e. The first-order valence-electron chi connectivity index (χ1n) is 10.9. The smallest absolute Gasteiger partial charge is 0.261 e. The molecule has 3 heterocycles. The molecule has 4 aromatic rings. The minimum atomic E-state index is -0.176. The number of fused-ring (bicyclic) bond motifs is 2. The van der Waals surface area contributed by atoms with Crippen LogP contribution in [0.2, 0.25) is 0 Å². The highest BCUT2D eigenvalue weighted by Gasteiger charge is 2.30. The van der Waals surface area contributed by atoms with E-state index in [2.05, 4.69) is 58.4 Å². The van der Waals surface area contributed by atoms with Crippen molar-refractivity contribution in [3.8, 4) is 0 Å². The summed E-state index contributed by atoms with van der Waals surface area (Å²) in [5, 5.41) is 14.3. The normalized spacial score (nSPS) is 17.2. The highest BCUT2D eigenvalue weighted by atomic mass is 32.1. The van der Waals surface area contributed by atoms with Crippen LogP contribution in [-0.4, -0.2) is 53.3 Å². The van der Waals surface area contributed by atoms with Crippen LogP contribution in [-0.2, 0) is 18.3 Å². The van der Waals surface area contributed by atoms with Crippen LogP contribution >= 0.6 is 11.3 Å². The third kappa shape index (κ3) is 3.93. The number of thiophene rings is 1. The van der Waals surface area contributed by atoms with Gasteiger partial charge in [-0.15, -0.1) is 11.3 Å². The summed E-state index contributed by atoms with van der Waals surface area (Å²) in [7, 11) is 2.09. The van der Waals surface area contributed by atoms with Crippen LogP contribution in [0.4, 0.5) is 0 Å². The van der Waals surface area contributed by atoms with Gasteiger partial charge in [-0.05, 0) is 23.1 Å². The average Bonchev–Trinajstić information content (AvgIpc) is 3.36. The largest absolute Gasteiger partial charge is 0.395 e. The molecule has 0 bridgehead atoms. The van der Waals surface area contributed by atoms with Crippen molar-refractivity contribution in [2.24, 2.45) is 7.05 Å². The molecule has 0 radical (unpaired) electrons. The van der Waals surface area contributed by atoms with E-state index in [1.807, 2.05) is 18.2 Å². The second-order valence-corrected chi connectivity index (χ2v) is 9.25. The summed E-state index contributed by atoms with van der Waals surface area (Å²) in [5.74, 6) is -0.148. The maximum absolute atomic E-state index is 12.9. The number of amides is 1. The summed E-state index contributed by atoms with van der Waals surface area (Å²) in [6.07, 6.45) is 2.04. The summed E-state index contributed by atoms with van der Waals surface area (Å²) in [5.41, 5.74) is 3.50. The number of hydrogen-bond donors (Lipinski definition) is 2. The van der Waals surface area contributed by atoms with Crippen molar-refractivity contribution in [3.63, 3.8) is 0 Å². The lowest BCUT2D eigenvalue weighted by Crippen LogP contribution is -2.38. The second-order valence-electron chi connectivity index (χ2n) is 8.20. The Labute approximate surface area is 191 Å². The molecule has 0 unspecified atom stereocenters. The third-order valence-corrected chi connectivity index (χ3v) is 7.27. The number of carbonyl (C=O) groups is 1. The van der Waals surface area contributed by atoms with Gasteiger partial charge in [0, 0.05) is 60.6 Å². The van der Waals surface area contributed by atoms with E-state index in [-0.39, 0.29) is 25.2 Å². The minimum absolute atomic E-state index is 0.0787. The zero-order chi connectivity index (χ0) is 22.1. The van der Waals surface area contributed by atoms with E-state index in [9.17, 15) is 4.79 Å². The Balaban J connectivity index is 1.44. The van der Waals surface area contributed by atoms with Crippen LogP contribution < -0.4 is 5.32 Å². The number of hydrogen-bond acceptors (Lipinski definition) is 5. The van der Waals surface area contributed by atoms with Crippen LogP contribution in [0.5, 0.6) is 0 Å². The van der Waals surface area contributed by atoms with Gasteiger partial charge >= 0.3 is 0 Å². The molecule has 1 aliphatic rings. The molecule has 166 valence electrons. The number of nitrogens with zero attached hydrogens (tertiary/aromatic N) is 2. The topological polar surface area (TPSA) is 66.7 Å². The van der Waals surface area contributed by atoms with E-state index in [0.29, 0.717) is 11.5 Å². The van der Waals surface area contributed by atoms with Gasteiger partial charge in [0.2, 0.25) is 0 Å². The summed E-state index contributed by atoms with van der Waals surface area (Å²) in [6.45, 7) is 3.21. The lowest BCUT2D eigenvalue weighted by molar-refractivity contribution is -0.0322. The summed E-state index contributed by atoms with van der Waals surface area (Å²) in [6, 6.07) is 16.6. The molecular formula is C25H27N3O3S. The predicted octanol–water partition coefficient (Wildman–Crippen LogP) is 3.69. The first-order chi connectivity index (χ1) is 15.7. The number of aliphatic hydroxyl groups is 1. The Morgan fingerprint density at radius 3 is 2.81 bits per heavy atom. The molecule has 0 aliphatic carbocycles. The summed E-state index contributed by atoms with van der Waals surface area (Å²) < 4.78 is 9.47. The number of carbonyl (C=O) groups excluding carboxylic acids is 1. The van der Waals surface area contributed by atoms with Gasteiger partial charge in [-0.25, -0.2) is 0 Å². The fourth-order valence-electron chi connectivity index (χ4n) is 4.62. The van der Waals surface area contributed by atoms with Gasteiger partial charge in [0.15, 0.2) is 0 Å². The molecule has 1 atom stereocenters. The molecule has 1 aliphatic heterocycles. The Morgan fingerprint density at radius 1 is 1.19 bits per heavy atom. The quantitative estimate of drug-likeness (QED) is 0.471. The van der Waals surface area contributed by atoms with E-state index in [4.69, 9.17) is 9.84 Å². The highest BCUT2D eigenvalue weighted by Crippen LogP contribution is 2.38. The molecule has 0 saturated carbocycles. The lowest BCUT2D eigenvalue weighted by atomic mass is 10.0. The van der Waals surface area contributed by atoms with Crippen LogP contribution in [0.3, 0.4) is 0 Å². The van der Waals surface area contributed by atoms with E-state index in [1.54, 1.807) is 0 Å². The van der Waals surface area contributed by atoms with Crippen molar-refractivity contribution >= 4 is 38.2 Å². The molecule has 2 aromatic carbocycles. The maximum atomic E-state index is 12.9. The van der Waals surface area contributed by atoms with Crippen molar-refractivity contribution in [2.45, 2.75) is 12.6 Å². The number of para-hydroxylation sites is 1. The third-order valence-electron chi connectivity index (χ3n) is 6.08. The van der Waals surface area contributed by atoms with Gasteiger partial charge < -0.3 is 19.7 Å². The predicted molar refractivity (Wildman–Crippen MR) is 128 cm³/mol. The van der Waals surface area contributed by atoms with Crippen molar-refractivity contribution < 1.29 is 14.6 Å². The molecule has 1 fully saturated rings. The average molecular weight is 450 g/mol. The van der Waals surface area contributed by atoms with Crippen molar-refractivity contribution in [3.05, 3.63) is 70.7 Å². The van der Waals surface area contributed by atoms with E-state index in [0.717, 1.165) is 35.3 Å². The lowest BCUT2D eigenvalue weighted by Gasteiger charge is -2.33. The Hall–Kier alpha value is -2.71. The monoisotopic (exact) mass is 449 g/mol. The van der Waals surface area contributed by atoms with Gasteiger partial charge in [0.05, 0.1) is 24.2 Å². The van der Waals surface area contributed by atoms with E-state index < -0.39 is 0 Å². The van der Waals surface area contributed by atoms with Crippen LogP contribution in [0.15, 0.2) is 54.7 Å². The Kier molecular flexibility index (Phi) is 5.97. The number of ether oxygens (including phenoxy) is 1. The van der Waals surface area contributed by atoms with Crippen molar-refractivity contribution in [1.29, 1.82) is 0 Å². The summed E-state index contributed by atoms with van der Waals surface area (Å²) in [4.78, 5) is 16.0. The molecular weight excluding hydrogens is 422 g/mol. The number of aromatic nitrogens is 1. The molecule has 6 nitrogen and oxygen atoms in total. The van der Waals surface area contributed by atoms with Gasteiger partial charge in [-0.3, -0.25) is 9.69 Å². The van der Waals surface area contributed by atoms with E-state index in [1.165, 1.54) is 27.8 Å². The fourth-order valence-corrected chi connectivity index (χ4v) is 5.79. The SMILES string of the molecule is Cn1cc(CN2CCO[C@@H](c3c(C(=O)NCCO)sc4ccccc34)C2)c2ccccc21. The first kappa shape index (κ1) is 21.2. The van der Waals surface area contributed by atoms with E-state index >= 15 is 0 Å². The maximum Gasteiger partial charge on any atom is 0.261 e. The number of aliphatic hydroxyl groups excluding tert-OH is 1.